The lowest BCUT2D eigenvalue weighted by Crippen LogP contribution is -2.53. The molecule has 108 valence electrons. The second-order valence-corrected chi connectivity index (χ2v) is 4.56. The molecule has 2 amide bonds. The number of rotatable bonds is 3. The van der Waals surface area contributed by atoms with Crippen LogP contribution in [0.4, 0.5) is 10.1 Å². The fraction of sp³-hybridized carbons (Fsp3) is 0.385. The van der Waals surface area contributed by atoms with Crippen LogP contribution >= 0.6 is 0 Å². The van der Waals surface area contributed by atoms with Crippen molar-refractivity contribution in [3.63, 3.8) is 0 Å². The van der Waals surface area contributed by atoms with Crippen molar-refractivity contribution in [2.45, 2.75) is 19.1 Å². The molecule has 6 nitrogen and oxygen atoms in total. The number of hydrogen-bond acceptors (Lipinski definition) is 4. The summed E-state index contributed by atoms with van der Waals surface area (Å²) in [5, 5.41) is 5.44. The van der Waals surface area contributed by atoms with Crippen LogP contribution in [-0.2, 0) is 9.53 Å². The number of carbonyl (C=O) groups excluding carboxylic acids is 2. The first kappa shape index (κ1) is 14.4. The molecule has 0 aliphatic carbocycles. The van der Waals surface area contributed by atoms with E-state index in [4.69, 9.17) is 10.5 Å². The number of primary amides is 1. The lowest BCUT2D eigenvalue weighted by atomic mass is 10.1. The van der Waals surface area contributed by atoms with Crippen molar-refractivity contribution in [3.05, 3.63) is 29.6 Å². The number of ether oxygens (including phenoxy) is 1. The van der Waals surface area contributed by atoms with Crippen molar-refractivity contribution in [3.8, 4) is 0 Å². The molecule has 1 heterocycles. The quantitative estimate of drug-likeness (QED) is 0.740. The number of morpholine rings is 1. The van der Waals surface area contributed by atoms with E-state index in [0.717, 1.165) is 6.07 Å². The molecule has 1 aliphatic heterocycles. The van der Waals surface area contributed by atoms with Gasteiger partial charge in [-0.3, -0.25) is 9.59 Å². The van der Waals surface area contributed by atoms with Crippen molar-refractivity contribution in [2.24, 2.45) is 5.73 Å². The first-order valence-electron chi connectivity index (χ1n) is 6.24. The van der Waals surface area contributed by atoms with Gasteiger partial charge in [0.05, 0.1) is 18.4 Å². The predicted molar refractivity (Wildman–Crippen MR) is 70.8 cm³/mol. The van der Waals surface area contributed by atoms with Crippen LogP contribution in [0.3, 0.4) is 0 Å². The molecule has 1 aromatic carbocycles. The molecule has 20 heavy (non-hydrogen) atoms. The highest BCUT2D eigenvalue weighted by molar-refractivity contribution is 5.98. The van der Waals surface area contributed by atoms with E-state index in [0.29, 0.717) is 13.2 Å². The monoisotopic (exact) mass is 281 g/mol. The smallest absolute Gasteiger partial charge is 0.248 e. The van der Waals surface area contributed by atoms with E-state index in [-0.39, 0.29) is 17.4 Å². The SMILES string of the molecule is C[C@H]1OCCN[C@@H]1C(=O)Nc1cc(C(N)=O)ccc1F. The summed E-state index contributed by atoms with van der Waals surface area (Å²) in [4.78, 5) is 23.1. The molecule has 2 rings (SSSR count). The Morgan fingerprint density at radius 2 is 2.25 bits per heavy atom. The normalized spacial score (nSPS) is 22.3. The molecule has 2 atom stereocenters. The summed E-state index contributed by atoms with van der Waals surface area (Å²) in [7, 11) is 0. The van der Waals surface area contributed by atoms with Crippen LogP contribution in [0.1, 0.15) is 17.3 Å². The standard InChI is InChI=1S/C13H16FN3O3/c1-7-11(16-4-5-20-7)13(19)17-10-6-8(12(15)18)2-3-9(10)14/h2-3,6-7,11,16H,4-5H2,1H3,(H2,15,18)(H,17,19)/t7-,11+/m1/s1. The molecule has 1 aromatic rings. The van der Waals surface area contributed by atoms with E-state index in [9.17, 15) is 14.0 Å². The molecular formula is C13H16FN3O3. The second-order valence-electron chi connectivity index (χ2n) is 4.56. The summed E-state index contributed by atoms with van der Waals surface area (Å²) in [6.45, 7) is 2.83. The second kappa shape index (κ2) is 5.98. The number of nitrogens with two attached hydrogens (primary N) is 1. The highest BCUT2D eigenvalue weighted by Crippen LogP contribution is 2.17. The molecule has 0 saturated carbocycles. The summed E-state index contributed by atoms with van der Waals surface area (Å²) in [6.07, 6.45) is -0.314. The Morgan fingerprint density at radius 1 is 1.50 bits per heavy atom. The summed E-state index contributed by atoms with van der Waals surface area (Å²) in [6, 6.07) is 2.99. The van der Waals surface area contributed by atoms with Gasteiger partial charge in [0.2, 0.25) is 11.8 Å². The first-order chi connectivity index (χ1) is 9.49. The van der Waals surface area contributed by atoms with Crippen LogP contribution in [-0.4, -0.2) is 37.1 Å². The van der Waals surface area contributed by atoms with Gasteiger partial charge < -0.3 is 21.1 Å². The van der Waals surface area contributed by atoms with Gasteiger partial charge in [-0.25, -0.2) is 4.39 Å². The fourth-order valence-corrected chi connectivity index (χ4v) is 2.01. The average Bonchev–Trinajstić information content (AvgIpc) is 2.41. The van der Waals surface area contributed by atoms with Crippen molar-refractivity contribution in [1.82, 2.24) is 5.32 Å². The number of amides is 2. The predicted octanol–water partition coefficient (Wildman–Crippen LogP) is 0.240. The highest BCUT2D eigenvalue weighted by Gasteiger charge is 2.28. The Hall–Kier alpha value is -1.99. The maximum absolute atomic E-state index is 13.6. The molecule has 0 radical (unpaired) electrons. The molecule has 1 saturated heterocycles. The van der Waals surface area contributed by atoms with Gasteiger partial charge in [0, 0.05) is 12.1 Å². The lowest BCUT2D eigenvalue weighted by molar-refractivity contribution is -0.123. The van der Waals surface area contributed by atoms with Crippen molar-refractivity contribution in [2.75, 3.05) is 18.5 Å². The third kappa shape index (κ3) is 3.12. The molecule has 1 aliphatic rings. The molecule has 1 fully saturated rings. The Bertz CT molecular complexity index is 536. The van der Waals surface area contributed by atoms with E-state index in [1.54, 1.807) is 6.92 Å². The minimum Gasteiger partial charge on any atom is -0.375 e. The lowest BCUT2D eigenvalue weighted by Gasteiger charge is -2.29. The Morgan fingerprint density at radius 3 is 2.90 bits per heavy atom. The molecule has 4 N–H and O–H groups in total. The van der Waals surface area contributed by atoms with Gasteiger partial charge in [0.25, 0.3) is 0 Å². The van der Waals surface area contributed by atoms with Crippen LogP contribution in [0.2, 0.25) is 0 Å². The molecular weight excluding hydrogens is 265 g/mol. The van der Waals surface area contributed by atoms with Crippen LogP contribution in [0.25, 0.3) is 0 Å². The Balaban J connectivity index is 2.14. The average molecular weight is 281 g/mol. The third-order valence-electron chi connectivity index (χ3n) is 3.11. The first-order valence-corrected chi connectivity index (χ1v) is 6.24. The van der Waals surface area contributed by atoms with Gasteiger partial charge in [-0.2, -0.15) is 0 Å². The van der Waals surface area contributed by atoms with Crippen LogP contribution < -0.4 is 16.4 Å². The number of anilines is 1. The van der Waals surface area contributed by atoms with Gasteiger partial charge in [0.15, 0.2) is 0 Å². The molecule has 0 unspecified atom stereocenters. The zero-order valence-electron chi connectivity index (χ0n) is 11.0. The zero-order chi connectivity index (χ0) is 14.7. The van der Waals surface area contributed by atoms with E-state index in [2.05, 4.69) is 10.6 Å². The number of benzene rings is 1. The van der Waals surface area contributed by atoms with Gasteiger partial charge >= 0.3 is 0 Å². The maximum Gasteiger partial charge on any atom is 0.248 e. The Labute approximate surface area is 115 Å². The molecule has 0 aromatic heterocycles. The molecule has 0 spiro atoms. The van der Waals surface area contributed by atoms with Gasteiger partial charge in [-0.05, 0) is 25.1 Å². The topological polar surface area (TPSA) is 93.4 Å². The number of halogens is 1. The van der Waals surface area contributed by atoms with E-state index >= 15 is 0 Å². The van der Waals surface area contributed by atoms with Gasteiger partial charge in [-0.1, -0.05) is 0 Å². The van der Waals surface area contributed by atoms with E-state index in [1.165, 1.54) is 12.1 Å². The van der Waals surface area contributed by atoms with E-state index in [1.807, 2.05) is 0 Å². The summed E-state index contributed by atoms with van der Waals surface area (Å²) in [5.41, 5.74) is 5.17. The van der Waals surface area contributed by atoms with Gasteiger partial charge in [-0.15, -0.1) is 0 Å². The minimum absolute atomic E-state index is 0.0779. The van der Waals surface area contributed by atoms with Crippen molar-refractivity contribution < 1.29 is 18.7 Å². The van der Waals surface area contributed by atoms with Gasteiger partial charge in [0.1, 0.15) is 11.9 Å². The fourth-order valence-electron chi connectivity index (χ4n) is 2.01. The van der Waals surface area contributed by atoms with E-state index < -0.39 is 23.7 Å². The molecule has 7 heteroatoms. The van der Waals surface area contributed by atoms with Crippen LogP contribution in [0, 0.1) is 5.82 Å². The Kier molecular flexibility index (Phi) is 4.31. The zero-order valence-corrected chi connectivity index (χ0v) is 11.0. The minimum atomic E-state index is -0.687. The summed E-state index contributed by atoms with van der Waals surface area (Å²) >= 11 is 0. The number of nitrogens with one attached hydrogen (secondary N) is 2. The molecule has 0 bridgehead atoms. The van der Waals surface area contributed by atoms with Crippen molar-refractivity contribution in [1.29, 1.82) is 0 Å². The summed E-state index contributed by atoms with van der Waals surface area (Å²) in [5.74, 6) is -1.74. The maximum atomic E-state index is 13.6. The van der Waals surface area contributed by atoms with Crippen molar-refractivity contribution >= 4 is 17.5 Å². The highest BCUT2D eigenvalue weighted by atomic mass is 19.1. The number of carbonyl (C=O) groups is 2. The van der Waals surface area contributed by atoms with Crippen LogP contribution in [0.5, 0.6) is 0 Å². The third-order valence-corrected chi connectivity index (χ3v) is 3.11. The number of hydrogen-bond donors (Lipinski definition) is 3. The largest absolute Gasteiger partial charge is 0.375 e. The van der Waals surface area contributed by atoms with Crippen LogP contribution in [0.15, 0.2) is 18.2 Å². The summed E-state index contributed by atoms with van der Waals surface area (Å²) < 4.78 is 19.0.